The number of halogens is 5. The monoisotopic (exact) mass is 392 g/mol. The summed E-state index contributed by atoms with van der Waals surface area (Å²) in [6.45, 7) is 1.54. The molecule has 0 saturated carbocycles. The zero-order valence-corrected chi connectivity index (χ0v) is 15.0. The quantitative estimate of drug-likeness (QED) is 0.340. The molecule has 0 aliphatic carbocycles. The number of hydrogen-bond donors (Lipinski definition) is 0. The Morgan fingerprint density at radius 2 is 1.25 bits per heavy atom. The van der Waals surface area contributed by atoms with Gasteiger partial charge in [0.2, 0.25) is 0 Å². The fourth-order valence-corrected chi connectivity index (χ4v) is 2.86. The van der Waals surface area contributed by atoms with E-state index in [9.17, 15) is 22.0 Å². The minimum Gasteiger partial charge on any atom is -0.483 e. The molecule has 0 spiro atoms. The molecule has 0 atom stereocenters. The van der Waals surface area contributed by atoms with Crippen LogP contribution in [0.4, 0.5) is 22.0 Å². The first-order chi connectivity index (χ1) is 13.4. The summed E-state index contributed by atoms with van der Waals surface area (Å²) in [6.07, 6.45) is 1.91. The lowest BCUT2D eigenvalue weighted by Crippen LogP contribution is -2.03. The molecule has 0 radical (unpaired) electrons. The molecular weight excluding hydrogens is 375 g/mol. The van der Waals surface area contributed by atoms with Crippen molar-refractivity contribution < 1.29 is 26.7 Å². The van der Waals surface area contributed by atoms with Gasteiger partial charge in [-0.1, -0.05) is 37.6 Å². The number of rotatable bonds is 6. The molecular formula is C22H17F5O. The minimum atomic E-state index is -1.62. The molecule has 0 heterocycles. The van der Waals surface area contributed by atoms with Crippen LogP contribution in [0.1, 0.15) is 24.5 Å². The zero-order chi connectivity index (χ0) is 20.3. The molecule has 6 heteroatoms. The van der Waals surface area contributed by atoms with Crippen molar-refractivity contribution in [3.63, 3.8) is 0 Å². The molecule has 0 aliphatic heterocycles. The van der Waals surface area contributed by atoms with Gasteiger partial charge >= 0.3 is 0 Å². The average molecular weight is 392 g/mol. The summed E-state index contributed by atoms with van der Waals surface area (Å²) in [5, 5.41) is 0. The Labute approximate surface area is 159 Å². The van der Waals surface area contributed by atoms with Crippen LogP contribution in [-0.4, -0.2) is 0 Å². The molecule has 0 unspecified atom stereocenters. The molecule has 3 aromatic rings. The Balaban J connectivity index is 1.80. The molecule has 0 aromatic heterocycles. The first kappa shape index (κ1) is 19.9. The van der Waals surface area contributed by atoms with Gasteiger partial charge in [0.05, 0.1) is 0 Å². The van der Waals surface area contributed by atoms with Gasteiger partial charge in [-0.25, -0.2) is 22.0 Å². The maximum atomic E-state index is 14.3. The van der Waals surface area contributed by atoms with Gasteiger partial charge < -0.3 is 4.74 Å². The maximum Gasteiger partial charge on any atom is 0.194 e. The van der Waals surface area contributed by atoms with Crippen LogP contribution >= 0.6 is 0 Å². The fraction of sp³-hybridized carbons (Fsp3) is 0.182. The molecule has 0 amide bonds. The highest BCUT2D eigenvalue weighted by atomic mass is 19.2. The predicted molar refractivity (Wildman–Crippen MR) is 96.4 cm³/mol. The highest BCUT2D eigenvalue weighted by Crippen LogP contribution is 2.30. The topological polar surface area (TPSA) is 9.23 Å². The van der Waals surface area contributed by atoms with E-state index in [1.165, 1.54) is 0 Å². The highest BCUT2D eigenvalue weighted by Gasteiger charge is 2.16. The molecule has 0 N–H and O–H groups in total. The lowest BCUT2D eigenvalue weighted by Gasteiger charge is -2.11. The Kier molecular flexibility index (Phi) is 5.97. The van der Waals surface area contributed by atoms with Gasteiger partial charge in [-0.05, 0) is 52.9 Å². The Bertz CT molecular complexity index is 937. The van der Waals surface area contributed by atoms with E-state index in [4.69, 9.17) is 4.74 Å². The van der Waals surface area contributed by atoms with E-state index in [0.717, 1.165) is 30.5 Å². The second-order valence-corrected chi connectivity index (χ2v) is 6.38. The van der Waals surface area contributed by atoms with Crippen LogP contribution in [-0.2, 0) is 13.0 Å². The Morgan fingerprint density at radius 3 is 1.79 bits per heavy atom. The number of aryl methyl sites for hydroxylation is 1. The van der Waals surface area contributed by atoms with Gasteiger partial charge in [0.15, 0.2) is 34.8 Å². The maximum absolute atomic E-state index is 14.3. The van der Waals surface area contributed by atoms with Crippen molar-refractivity contribution in [2.75, 3.05) is 0 Å². The largest absolute Gasteiger partial charge is 0.483 e. The van der Waals surface area contributed by atoms with Crippen molar-refractivity contribution in [3.05, 3.63) is 88.7 Å². The van der Waals surface area contributed by atoms with Gasteiger partial charge in [0.25, 0.3) is 0 Å². The predicted octanol–water partition coefficient (Wildman–Crippen LogP) is 6.58. The third-order valence-corrected chi connectivity index (χ3v) is 4.25. The smallest absolute Gasteiger partial charge is 0.194 e. The van der Waals surface area contributed by atoms with Crippen molar-refractivity contribution in [1.82, 2.24) is 0 Å². The van der Waals surface area contributed by atoms with E-state index >= 15 is 0 Å². The van der Waals surface area contributed by atoms with Crippen molar-refractivity contribution in [2.24, 2.45) is 0 Å². The van der Waals surface area contributed by atoms with Gasteiger partial charge in [0.1, 0.15) is 6.61 Å². The number of ether oxygens (including phenoxy) is 1. The summed E-state index contributed by atoms with van der Waals surface area (Å²) < 4.78 is 73.1. The zero-order valence-electron chi connectivity index (χ0n) is 15.0. The summed E-state index contributed by atoms with van der Waals surface area (Å²) in [5.41, 5.74) is 2.02. The normalized spacial score (nSPS) is 10.9. The summed E-state index contributed by atoms with van der Waals surface area (Å²) in [6, 6.07) is 11.0. The molecule has 28 heavy (non-hydrogen) atoms. The summed E-state index contributed by atoms with van der Waals surface area (Å²) >= 11 is 0. The molecule has 3 rings (SSSR count). The molecule has 3 aromatic carbocycles. The van der Waals surface area contributed by atoms with E-state index in [0.29, 0.717) is 23.3 Å². The van der Waals surface area contributed by atoms with E-state index in [1.807, 2.05) is 12.1 Å². The first-order valence-electron chi connectivity index (χ1n) is 8.73. The van der Waals surface area contributed by atoms with Crippen molar-refractivity contribution in [2.45, 2.75) is 26.4 Å². The van der Waals surface area contributed by atoms with E-state index in [2.05, 4.69) is 6.92 Å². The second-order valence-electron chi connectivity index (χ2n) is 6.38. The van der Waals surface area contributed by atoms with Gasteiger partial charge in [-0.15, -0.1) is 0 Å². The number of benzene rings is 3. The molecule has 146 valence electrons. The molecule has 0 saturated heterocycles. The van der Waals surface area contributed by atoms with Crippen LogP contribution in [0.15, 0.2) is 48.5 Å². The minimum absolute atomic E-state index is 0.0919. The first-order valence-corrected chi connectivity index (χ1v) is 8.73. The molecule has 0 fully saturated rings. The highest BCUT2D eigenvalue weighted by molar-refractivity contribution is 5.65. The SMILES string of the molecule is CCCc1ccc(-c2cc(F)c(OCc3cc(F)c(F)c(F)c3)c(F)c2)cc1. The standard InChI is InChI=1S/C22H17F5O/c1-2-3-13-4-6-15(7-5-13)16-10-19(25)22(20(26)11-16)28-12-14-8-17(23)21(27)18(24)9-14/h4-11H,2-3,12H2,1H3. The third-order valence-electron chi connectivity index (χ3n) is 4.25. The molecule has 1 nitrogen and oxygen atoms in total. The fourth-order valence-electron chi connectivity index (χ4n) is 2.86. The van der Waals surface area contributed by atoms with Crippen LogP contribution in [0.2, 0.25) is 0 Å². The van der Waals surface area contributed by atoms with Crippen molar-refractivity contribution in [3.8, 4) is 16.9 Å². The van der Waals surface area contributed by atoms with E-state index in [1.54, 1.807) is 12.1 Å². The van der Waals surface area contributed by atoms with Gasteiger partial charge in [-0.3, -0.25) is 0 Å². The lowest BCUT2D eigenvalue weighted by molar-refractivity contribution is 0.272. The van der Waals surface area contributed by atoms with Crippen LogP contribution in [0.25, 0.3) is 11.1 Å². The van der Waals surface area contributed by atoms with Gasteiger partial charge in [0, 0.05) is 0 Å². The summed E-state index contributed by atoms with van der Waals surface area (Å²) in [7, 11) is 0. The van der Waals surface area contributed by atoms with E-state index < -0.39 is 41.4 Å². The lowest BCUT2D eigenvalue weighted by atomic mass is 10.0. The van der Waals surface area contributed by atoms with Crippen molar-refractivity contribution >= 4 is 0 Å². The van der Waals surface area contributed by atoms with Crippen LogP contribution in [0.3, 0.4) is 0 Å². The van der Waals surface area contributed by atoms with Crippen LogP contribution in [0, 0.1) is 29.1 Å². The number of hydrogen-bond acceptors (Lipinski definition) is 1. The molecule has 0 bridgehead atoms. The van der Waals surface area contributed by atoms with Gasteiger partial charge in [-0.2, -0.15) is 0 Å². The Hall–Kier alpha value is -2.89. The second kappa shape index (κ2) is 8.42. The Morgan fingerprint density at radius 1 is 0.679 bits per heavy atom. The summed E-state index contributed by atoms with van der Waals surface area (Å²) in [5.74, 6) is -6.99. The van der Waals surface area contributed by atoms with Crippen LogP contribution < -0.4 is 4.74 Å². The van der Waals surface area contributed by atoms with E-state index in [-0.39, 0.29) is 5.56 Å². The third kappa shape index (κ3) is 4.32. The van der Waals surface area contributed by atoms with Crippen LogP contribution in [0.5, 0.6) is 5.75 Å². The van der Waals surface area contributed by atoms with Crippen molar-refractivity contribution in [1.29, 1.82) is 0 Å². The molecule has 0 aliphatic rings. The summed E-state index contributed by atoms with van der Waals surface area (Å²) in [4.78, 5) is 0. The average Bonchev–Trinajstić information content (AvgIpc) is 2.66.